The van der Waals surface area contributed by atoms with E-state index in [4.69, 9.17) is 4.74 Å². The SMILES string of the molecule is C[C@H](N=C1NS(=O)(=O)c2ccccc21)C(=O)NC(COc1ccccc1F)c1ccccc1. The average molecular weight is 468 g/mol. The number of carbonyl (C=O) groups excluding carboxylic acids is 1. The maximum Gasteiger partial charge on any atom is 0.263 e. The van der Waals surface area contributed by atoms with Crippen molar-refractivity contribution in [3.63, 3.8) is 0 Å². The molecule has 2 atom stereocenters. The summed E-state index contributed by atoms with van der Waals surface area (Å²) in [5.74, 6) is -0.732. The van der Waals surface area contributed by atoms with Crippen LogP contribution in [0.3, 0.4) is 0 Å². The number of hydrogen-bond acceptors (Lipinski definition) is 5. The Balaban J connectivity index is 1.52. The molecule has 3 aromatic rings. The number of aliphatic imine (C=N–C) groups is 1. The van der Waals surface area contributed by atoms with Gasteiger partial charge in [-0.15, -0.1) is 0 Å². The highest BCUT2D eigenvalue weighted by atomic mass is 32.2. The van der Waals surface area contributed by atoms with Crippen LogP contribution >= 0.6 is 0 Å². The molecule has 7 nitrogen and oxygen atoms in total. The predicted octanol–water partition coefficient (Wildman–Crippen LogP) is 3.19. The van der Waals surface area contributed by atoms with E-state index in [-0.39, 0.29) is 23.1 Å². The van der Waals surface area contributed by atoms with E-state index in [9.17, 15) is 17.6 Å². The summed E-state index contributed by atoms with van der Waals surface area (Å²) in [6.07, 6.45) is 0. The van der Waals surface area contributed by atoms with E-state index in [1.54, 1.807) is 37.3 Å². The van der Waals surface area contributed by atoms with Crippen molar-refractivity contribution in [1.82, 2.24) is 10.0 Å². The number of rotatable bonds is 7. The molecule has 1 unspecified atom stereocenters. The average Bonchev–Trinajstić information content (AvgIpc) is 3.08. The third-order valence-electron chi connectivity index (χ3n) is 5.13. The maximum absolute atomic E-state index is 14.0. The summed E-state index contributed by atoms with van der Waals surface area (Å²) >= 11 is 0. The van der Waals surface area contributed by atoms with Gasteiger partial charge in [0, 0.05) is 5.56 Å². The Labute approximate surface area is 191 Å². The Morgan fingerprint density at radius 1 is 1.03 bits per heavy atom. The van der Waals surface area contributed by atoms with E-state index in [0.717, 1.165) is 5.56 Å². The molecule has 0 saturated heterocycles. The third-order valence-corrected chi connectivity index (χ3v) is 6.52. The fourth-order valence-corrected chi connectivity index (χ4v) is 4.65. The molecule has 33 heavy (non-hydrogen) atoms. The number of fused-ring (bicyclic) bond motifs is 1. The van der Waals surface area contributed by atoms with Crippen LogP contribution in [0.4, 0.5) is 4.39 Å². The molecule has 0 bridgehead atoms. The van der Waals surface area contributed by atoms with Crippen LogP contribution in [-0.4, -0.2) is 32.8 Å². The van der Waals surface area contributed by atoms with Gasteiger partial charge in [-0.25, -0.2) is 12.8 Å². The van der Waals surface area contributed by atoms with Gasteiger partial charge in [0.05, 0.1) is 10.9 Å². The second-order valence-electron chi connectivity index (χ2n) is 7.47. The number of nitrogens with one attached hydrogen (secondary N) is 2. The normalized spacial score (nSPS) is 17.0. The number of hydrogen-bond donors (Lipinski definition) is 2. The summed E-state index contributed by atoms with van der Waals surface area (Å²) in [5.41, 5.74) is 1.19. The molecule has 3 aromatic carbocycles. The zero-order valence-corrected chi connectivity index (χ0v) is 18.6. The number of amides is 1. The molecule has 1 aliphatic heterocycles. The van der Waals surface area contributed by atoms with Crippen molar-refractivity contribution in [3.8, 4) is 5.75 Å². The Bertz CT molecular complexity index is 1300. The first-order chi connectivity index (χ1) is 15.8. The van der Waals surface area contributed by atoms with Crippen LogP contribution in [0.5, 0.6) is 5.75 Å². The van der Waals surface area contributed by atoms with Gasteiger partial charge in [0.1, 0.15) is 18.5 Å². The Kier molecular flexibility index (Phi) is 6.41. The molecule has 1 aliphatic rings. The highest BCUT2D eigenvalue weighted by Crippen LogP contribution is 2.23. The summed E-state index contributed by atoms with van der Waals surface area (Å²) in [6, 6.07) is 20.1. The second-order valence-corrected chi connectivity index (χ2v) is 9.12. The van der Waals surface area contributed by atoms with Crippen LogP contribution in [0, 0.1) is 5.82 Å². The number of carbonyl (C=O) groups is 1. The van der Waals surface area contributed by atoms with E-state index in [1.807, 2.05) is 30.3 Å². The van der Waals surface area contributed by atoms with Gasteiger partial charge in [-0.2, -0.15) is 0 Å². The van der Waals surface area contributed by atoms with Gasteiger partial charge >= 0.3 is 0 Å². The topological polar surface area (TPSA) is 96.9 Å². The highest BCUT2D eigenvalue weighted by molar-refractivity contribution is 7.90. The largest absolute Gasteiger partial charge is 0.488 e. The number of nitrogens with zero attached hydrogens (tertiary/aromatic N) is 1. The van der Waals surface area contributed by atoms with Gasteiger partial charge in [-0.3, -0.25) is 14.5 Å². The molecule has 0 radical (unpaired) electrons. The van der Waals surface area contributed by atoms with Crippen molar-refractivity contribution in [3.05, 3.63) is 95.8 Å². The first kappa shape index (κ1) is 22.5. The molecule has 0 aliphatic carbocycles. The Morgan fingerprint density at radius 3 is 2.45 bits per heavy atom. The zero-order chi connectivity index (χ0) is 23.4. The minimum Gasteiger partial charge on any atom is -0.488 e. The van der Waals surface area contributed by atoms with E-state index >= 15 is 0 Å². The quantitative estimate of drug-likeness (QED) is 0.558. The van der Waals surface area contributed by atoms with Crippen molar-refractivity contribution in [2.75, 3.05) is 6.61 Å². The Morgan fingerprint density at radius 2 is 1.70 bits per heavy atom. The number of sulfonamides is 1. The second kappa shape index (κ2) is 9.41. The fourth-order valence-electron chi connectivity index (χ4n) is 3.42. The van der Waals surface area contributed by atoms with Crippen LogP contribution in [0.1, 0.15) is 24.1 Å². The van der Waals surface area contributed by atoms with E-state index in [1.165, 1.54) is 18.2 Å². The molecule has 2 N–H and O–H groups in total. The molecular formula is C24H22FN3O4S. The summed E-state index contributed by atoms with van der Waals surface area (Å²) < 4.78 is 46.5. The molecule has 170 valence electrons. The minimum atomic E-state index is -3.70. The zero-order valence-electron chi connectivity index (χ0n) is 17.7. The number of para-hydroxylation sites is 1. The number of amidine groups is 1. The lowest BCUT2D eigenvalue weighted by atomic mass is 10.1. The molecule has 0 fully saturated rings. The van der Waals surface area contributed by atoms with E-state index < -0.39 is 33.8 Å². The van der Waals surface area contributed by atoms with Gasteiger partial charge in [0.15, 0.2) is 11.6 Å². The lowest BCUT2D eigenvalue weighted by molar-refractivity contribution is -0.122. The van der Waals surface area contributed by atoms with E-state index in [2.05, 4.69) is 15.0 Å². The van der Waals surface area contributed by atoms with Gasteiger partial charge in [-0.05, 0) is 36.8 Å². The van der Waals surface area contributed by atoms with Gasteiger partial charge < -0.3 is 10.1 Å². The molecule has 0 spiro atoms. The summed E-state index contributed by atoms with van der Waals surface area (Å²) in [6.45, 7) is 1.56. The van der Waals surface area contributed by atoms with Crippen molar-refractivity contribution >= 4 is 21.8 Å². The van der Waals surface area contributed by atoms with Crippen molar-refractivity contribution in [1.29, 1.82) is 0 Å². The lowest BCUT2D eigenvalue weighted by Crippen LogP contribution is -2.38. The van der Waals surface area contributed by atoms with Crippen LogP contribution in [0.2, 0.25) is 0 Å². The molecule has 4 rings (SSSR count). The smallest absolute Gasteiger partial charge is 0.263 e. The van der Waals surface area contributed by atoms with Crippen molar-refractivity contribution in [2.45, 2.75) is 23.9 Å². The van der Waals surface area contributed by atoms with Crippen molar-refractivity contribution in [2.24, 2.45) is 4.99 Å². The summed E-state index contributed by atoms with van der Waals surface area (Å²) in [5, 5.41) is 2.87. The lowest BCUT2D eigenvalue weighted by Gasteiger charge is -2.21. The van der Waals surface area contributed by atoms with Gasteiger partial charge in [-0.1, -0.05) is 54.6 Å². The van der Waals surface area contributed by atoms with Crippen LogP contribution in [0.25, 0.3) is 0 Å². The molecule has 0 aromatic heterocycles. The molecule has 0 saturated carbocycles. The Hall–Kier alpha value is -3.72. The number of benzene rings is 3. The standard InChI is InChI=1S/C24H22FN3O4S/c1-16(26-23-18-11-5-8-14-22(18)33(30,31)28-23)24(29)27-20(17-9-3-2-4-10-17)15-32-21-13-7-6-12-19(21)25/h2-14,16,20H,15H2,1H3,(H,26,28)(H,27,29)/t16-,20?/m0/s1. The van der Waals surface area contributed by atoms with E-state index in [0.29, 0.717) is 5.56 Å². The molecule has 1 heterocycles. The first-order valence-corrected chi connectivity index (χ1v) is 11.8. The van der Waals surface area contributed by atoms with Crippen LogP contribution in [0.15, 0.2) is 88.8 Å². The summed E-state index contributed by atoms with van der Waals surface area (Å²) in [4.78, 5) is 17.4. The molecule has 9 heteroatoms. The van der Waals surface area contributed by atoms with Crippen molar-refractivity contribution < 1.29 is 22.3 Å². The van der Waals surface area contributed by atoms with Gasteiger partial charge in [0.2, 0.25) is 5.91 Å². The van der Waals surface area contributed by atoms with Crippen LogP contribution in [-0.2, 0) is 14.8 Å². The number of ether oxygens (including phenoxy) is 1. The molecule has 1 amide bonds. The predicted molar refractivity (Wildman–Crippen MR) is 122 cm³/mol. The minimum absolute atomic E-state index is 0.00452. The monoisotopic (exact) mass is 467 g/mol. The third kappa shape index (κ3) is 5.04. The summed E-state index contributed by atoms with van der Waals surface area (Å²) in [7, 11) is -3.70. The van der Waals surface area contributed by atoms with Gasteiger partial charge in [0.25, 0.3) is 10.0 Å². The number of halogens is 1. The highest BCUT2D eigenvalue weighted by Gasteiger charge is 2.31. The fraction of sp³-hybridized carbons (Fsp3) is 0.167. The maximum atomic E-state index is 14.0. The van der Waals surface area contributed by atoms with Crippen LogP contribution < -0.4 is 14.8 Å². The first-order valence-electron chi connectivity index (χ1n) is 10.3. The molecular weight excluding hydrogens is 445 g/mol.